The van der Waals surface area contributed by atoms with Gasteiger partial charge in [-0.1, -0.05) is 35.2 Å². The van der Waals surface area contributed by atoms with E-state index >= 15 is 0 Å². The van der Waals surface area contributed by atoms with E-state index in [-0.39, 0.29) is 22.6 Å². The maximum Gasteiger partial charge on any atom is 0.271 e. The number of aromatic nitrogens is 2. The molecule has 0 radical (unpaired) electrons. The fourth-order valence-electron chi connectivity index (χ4n) is 2.28. The number of rotatable bonds is 5. The third-order valence-corrected chi connectivity index (χ3v) is 5.21. The Morgan fingerprint density at radius 1 is 1.23 bits per heavy atom. The first kappa shape index (κ1) is 16.5. The van der Waals surface area contributed by atoms with Crippen LogP contribution in [0.1, 0.15) is 0 Å². The van der Waals surface area contributed by atoms with Crippen molar-refractivity contribution in [2.75, 3.05) is 11.1 Å². The Morgan fingerprint density at radius 2 is 2.08 bits per heavy atom. The third kappa shape index (κ3) is 3.37. The highest BCUT2D eigenvalue weighted by Gasteiger charge is 2.14. The van der Waals surface area contributed by atoms with Crippen molar-refractivity contribution < 1.29 is 14.1 Å². The van der Waals surface area contributed by atoms with Crippen molar-refractivity contribution >= 4 is 61.1 Å². The summed E-state index contributed by atoms with van der Waals surface area (Å²) < 4.78 is 6.48. The lowest BCUT2D eigenvalue weighted by molar-refractivity contribution is -0.384. The van der Waals surface area contributed by atoms with Gasteiger partial charge in [0.15, 0.2) is 10.7 Å². The Kier molecular flexibility index (Phi) is 4.27. The summed E-state index contributed by atoms with van der Waals surface area (Å²) in [4.78, 5) is 30.9. The molecule has 2 aromatic heterocycles. The Hall–Kier alpha value is -2.98. The molecule has 4 rings (SSSR count). The zero-order chi connectivity index (χ0) is 18.1. The molecule has 2 aromatic carbocycles. The average Bonchev–Trinajstić information content (AvgIpc) is 3.21. The molecule has 4 aromatic rings. The van der Waals surface area contributed by atoms with Gasteiger partial charge >= 0.3 is 0 Å². The number of anilines is 1. The van der Waals surface area contributed by atoms with Gasteiger partial charge in [0.1, 0.15) is 5.52 Å². The van der Waals surface area contributed by atoms with Gasteiger partial charge in [-0.25, -0.2) is 9.97 Å². The number of oxazole rings is 1. The predicted molar refractivity (Wildman–Crippen MR) is 99.6 cm³/mol. The number of nitrogens with zero attached hydrogens (tertiary/aromatic N) is 3. The summed E-state index contributed by atoms with van der Waals surface area (Å²) in [7, 11) is 0. The molecule has 1 amide bonds. The van der Waals surface area contributed by atoms with Crippen LogP contribution in [0, 0.1) is 10.1 Å². The highest BCUT2D eigenvalue weighted by atomic mass is 32.2. The number of para-hydroxylation sites is 1. The molecule has 1 N–H and O–H groups in total. The molecule has 8 nitrogen and oxygen atoms in total. The maximum absolute atomic E-state index is 12.1. The van der Waals surface area contributed by atoms with Crippen molar-refractivity contribution in [3.05, 3.63) is 52.6 Å². The summed E-state index contributed by atoms with van der Waals surface area (Å²) in [6.45, 7) is 0. The van der Waals surface area contributed by atoms with Crippen LogP contribution in [0.2, 0.25) is 0 Å². The molecule has 130 valence electrons. The second-order valence-corrected chi connectivity index (χ2v) is 7.17. The third-order valence-electron chi connectivity index (χ3n) is 3.43. The van der Waals surface area contributed by atoms with Crippen LogP contribution in [-0.2, 0) is 4.79 Å². The zero-order valence-corrected chi connectivity index (χ0v) is 14.7. The second kappa shape index (κ2) is 6.73. The largest absolute Gasteiger partial charge is 0.431 e. The summed E-state index contributed by atoms with van der Waals surface area (Å²) in [6.07, 6.45) is 0. The Morgan fingerprint density at radius 3 is 2.88 bits per heavy atom. The quantitative estimate of drug-likeness (QED) is 0.312. The molecule has 0 aliphatic carbocycles. The zero-order valence-electron chi connectivity index (χ0n) is 13.0. The van der Waals surface area contributed by atoms with Crippen LogP contribution < -0.4 is 5.32 Å². The number of non-ortho nitro benzene ring substituents is 1. The number of thioether (sulfide) groups is 1. The normalized spacial score (nSPS) is 11.1. The first-order valence-electron chi connectivity index (χ1n) is 7.42. The van der Waals surface area contributed by atoms with Crippen molar-refractivity contribution in [1.82, 2.24) is 9.97 Å². The van der Waals surface area contributed by atoms with Gasteiger partial charge in [-0.15, -0.1) is 0 Å². The number of hydrogen-bond donors (Lipinski definition) is 1. The molecule has 0 unspecified atom stereocenters. The van der Waals surface area contributed by atoms with Crippen LogP contribution in [0.3, 0.4) is 0 Å². The number of nitro benzene ring substituents is 1. The van der Waals surface area contributed by atoms with Gasteiger partial charge in [0, 0.05) is 12.1 Å². The highest BCUT2D eigenvalue weighted by molar-refractivity contribution is 7.99. The Labute approximate surface area is 154 Å². The van der Waals surface area contributed by atoms with E-state index in [0.29, 0.717) is 16.2 Å². The van der Waals surface area contributed by atoms with E-state index in [2.05, 4.69) is 15.3 Å². The second-order valence-electron chi connectivity index (χ2n) is 5.21. The number of benzene rings is 2. The first-order chi connectivity index (χ1) is 12.6. The van der Waals surface area contributed by atoms with Crippen molar-refractivity contribution in [2.24, 2.45) is 0 Å². The molecule has 0 saturated carbocycles. The summed E-state index contributed by atoms with van der Waals surface area (Å²) in [5, 5.41) is 14.3. The lowest BCUT2D eigenvalue weighted by Gasteiger charge is -1.98. The number of fused-ring (bicyclic) bond motifs is 2. The topological polar surface area (TPSA) is 111 Å². The van der Waals surface area contributed by atoms with E-state index in [1.54, 1.807) is 0 Å². The van der Waals surface area contributed by atoms with Gasteiger partial charge in [-0.2, -0.15) is 0 Å². The average molecular weight is 386 g/mol. The summed E-state index contributed by atoms with van der Waals surface area (Å²) in [6, 6.07) is 11.8. The van der Waals surface area contributed by atoms with Crippen molar-refractivity contribution in [2.45, 2.75) is 5.22 Å². The molecule has 0 aliphatic rings. The SMILES string of the molecule is O=C(CSc1nc2cc([N+](=O)[O-])ccc2o1)Nc1nc2ccccc2s1. The first-order valence-corrected chi connectivity index (χ1v) is 9.22. The smallest absolute Gasteiger partial charge is 0.271 e. The number of hydrogen-bond acceptors (Lipinski definition) is 8. The Balaban J connectivity index is 1.42. The van der Waals surface area contributed by atoms with Crippen molar-refractivity contribution in [3.8, 4) is 0 Å². The molecular weight excluding hydrogens is 376 g/mol. The Bertz CT molecular complexity index is 1100. The molecule has 0 atom stereocenters. The van der Waals surface area contributed by atoms with Crippen molar-refractivity contribution in [1.29, 1.82) is 0 Å². The molecule has 10 heteroatoms. The number of nitrogens with one attached hydrogen (secondary N) is 1. The molecule has 2 heterocycles. The molecular formula is C16H10N4O4S2. The highest BCUT2D eigenvalue weighted by Crippen LogP contribution is 2.28. The number of thiazole rings is 1. The van der Waals surface area contributed by atoms with Gasteiger partial charge in [-0.3, -0.25) is 14.9 Å². The minimum Gasteiger partial charge on any atom is -0.431 e. The standard InChI is InChI=1S/C16H10N4O4S2/c21-14(19-15-17-10-3-1-2-4-13(10)26-15)8-25-16-18-11-7-9(20(22)23)5-6-12(11)24-16/h1-7H,8H2,(H,17,19,21). The number of carbonyl (C=O) groups is 1. The lowest BCUT2D eigenvalue weighted by Crippen LogP contribution is -2.13. The van der Waals surface area contributed by atoms with Crippen LogP contribution >= 0.6 is 23.1 Å². The van der Waals surface area contributed by atoms with Gasteiger partial charge in [0.05, 0.1) is 20.9 Å². The fourth-order valence-corrected chi connectivity index (χ4v) is 3.80. The van der Waals surface area contributed by atoms with E-state index < -0.39 is 4.92 Å². The number of carbonyl (C=O) groups excluding carboxylic acids is 1. The molecule has 0 fully saturated rings. The van der Waals surface area contributed by atoms with Gasteiger partial charge in [-0.05, 0) is 18.2 Å². The maximum atomic E-state index is 12.1. The minimum absolute atomic E-state index is 0.0593. The molecule has 0 spiro atoms. The van der Waals surface area contributed by atoms with Crippen LogP contribution in [-0.4, -0.2) is 26.6 Å². The number of amides is 1. The predicted octanol–water partition coefficient (Wildman–Crippen LogP) is 4.08. The van der Waals surface area contributed by atoms with Gasteiger partial charge < -0.3 is 9.73 Å². The summed E-state index contributed by atoms with van der Waals surface area (Å²) >= 11 is 2.51. The summed E-state index contributed by atoms with van der Waals surface area (Å²) in [5.74, 6) is -0.146. The monoisotopic (exact) mass is 386 g/mol. The van der Waals surface area contributed by atoms with Gasteiger partial charge in [0.25, 0.3) is 10.9 Å². The van der Waals surface area contributed by atoms with E-state index in [0.717, 1.165) is 22.0 Å². The van der Waals surface area contributed by atoms with Crippen LogP contribution in [0.4, 0.5) is 10.8 Å². The summed E-state index contributed by atoms with van der Waals surface area (Å²) in [5.41, 5.74) is 1.59. The van der Waals surface area contributed by atoms with Gasteiger partial charge in [0.2, 0.25) is 5.91 Å². The number of nitro groups is 1. The molecule has 26 heavy (non-hydrogen) atoms. The minimum atomic E-state index is -0.494. The molecule has 0 bridgehead atoms. The fraction of sp³-hybridized carbons (Fsp3) is 0.0625. The van der Waals surface area contributed by atoms with Crippen LogP contribution in [0.15, 0.2) is 52.1 Å². The molecule has 0 saturated heterocycles. The van der Waals surface area contributed by atoms with E-state index in [9.17, 15) is 14.9 Å². The molecule has 0 aliphatic heterocycles. The van der Waals surface area contributed by atoms with E-state index in [1.165, 1.54) is 29.5 Å². The van der Waals surface area contributed by atoms with Crippen LogP contribution in [0.5, 0.6) is 0 Å². The lowest BCUT2D eigenvalue weighted by atomic mass is 10.3. The van der Waals surface area contributed by atoms with E-state index in [1.807, 2.05) is 24.3 Å². The van der Waals surface area contributed by atoms with Crippen molar-refractivity contribution in [3.63, 3.8) is 0 Å². The van der Waals surface area contributed by atoms with E-state index in [4.69, 9.17) is 4.42 Å². The van der Waals surface area contributed by atoms with Crippen LogP contribution in [0.25, 0.3) is 21.3 Å².